The number of aliphatic hydroxyl groups is 4. The number of piperidine rings is 4. The van der Waals surface area contributed by atoms with E-state index in [1.807, 2.05) is 23.4 Å². The van der Waals surface area contributed by atoms with Gasteiger partial charge in [-0.25, -0.2) is 18.0 Å². The smallest absolute Gasteiger partial charge is 0.321 e. The number of likely N-dealkylation sites (tertiary alicyclic amines) is 4. The average molecular weight is 1100 g/mol. The molecule has 8 N–H and O–H groups in total. The molecule has 10 rings (SSSR count). The molecule has 0 radical (unpaired) electrons. The van der Waals surface area contributed by atoms with Gasteiger partial charge in [0.15, 0.2) is 5.11 Å². The Morgan fingerprint density at radius 2 is 1.05 bits per heavy atom. The number of anilines is 2. The number of hydrogen-bond donors (Lipinski definition) is 8. The van der Waals surface area contributed by atoms with Crippen LogP contribution in [0.15, 0.2) is 85.2 Å². The molecule has 4 aromatic carbocycles. The second kappa shape index (κ2) is 23.3. The molecule has 396 valence electrons. The maximum Gasteiger partial charge on any atom is 0.321 e. The first-order valence-electron chi connectivity index (χ1n) is 25.2. The van der Waals surface area contributed by atoms with Gasteiger partial charge in [0.25, 0.3) is 0 Å². The van der Waals surface area contributed by atoms with Crippen LogP contribution < -0.4 is 10.6 Å². The van der Waals surface area contributed by atoms with E-state index in [1.165, 1.54) is 29.2 Å². The highest BCUT2D eigenvalue weighted by molar-refractivity contribution is 7.80. The number of aromatic amines is 2. The van der Waals surface area contributed by atoms with E-state index in [2.05, 4.69) is 30.4 Å². The number of benzene rings is 4. The Morgan fingerprint density at radius 1 is 0.608 bits per heavy atom. The predicted octanol–water partition coefficient (Wildman–Crippen LogP) is 10.1. The Morgan fingerprint density at radius 3 is 1.54 bits per heavy atom. The van der Waals surface area contributed by atoms with Crippen LogP contribution in [-0.4, -0.2) is 150 Å². The molecule has 2 unspecified atom stereocenters. The lowest BCUT2D eigenvalue weighted by molar-refractivity contribution is -0.113. The fourth-order valence-corrected chi connectivity index (χ4v) is 11.8. The molecule has 4 aliphatic rings. The molecule has 2 aromatic heterocycles. The Bertz CT molecular complexity index is 2930. The zero-order valence-electron chi connectivity index (χ0n) is 40.8. The number of aliphatic hydroxyl groups excluding tert-OH is 2. The van der Waals surface area contributed by atoms with Gasteiger partial charge in [-0.15, -0.1) is 0 Å². The Kier molecular flexibility index (Phi) is 17.0. The third-order valence-electron chi connectivity index (χ3n) is 15.7. The zero-order valence-corrected chi connectivity index (χ0v) is 43.9. The van der Waals surface area contributed by atoms with Gasteiger partial charge in [0.05, 0.1) is 44.2 Å². The van der Waals surface area contributed by atoms with Crippen molar-refractivity contribution in [3.05, 3.63) is 129 Å². The number of carbonyl (C=O) groups excluding carboxylic acids is 1. The number of halogens is 6. The lowest BCUT2D eigenvalue weighted by Gasteiger charge is -2.43. The summed E-state index contributed by atoms with van der Waals surface area (Å²) in [5, 5.41) is 53.7. The summed E-state index contributed by atoms with van der Waals surface area (Å²) in [4.78, 5) is 27.0. The minimum atomic E-state index is -1.29. The number of amides is 2. The Hall–Kier alpha value is -4.66. The van der Waals surface area contributed by atoms with Crippen LogP contribution in [0.3, 0.4) is 0 Å². The standard InChI is InChI=1S/C27H31Cl2FN4O2S.C27H31ClF2N4O3/c28-22-3-2-19(14-23(22)29)32-26(37)34-11-7-27(36,8-12-34)25(35)16-33-9-5-17(6-10-33)21-15-31-24-4-1-18(30)13-20(21)24;28-22-3-1-19(30)14-24(22)32-26(36)34-11-7-27(37,8-12-34)25(35)16-33-9-5-17(6-10-33)21-15-31-23-4-2-18(29)13-20(21)23/h1-4,13-15,17,25,31,35-36H,5-12,16H2,(H,32,37);1-4,13-15,17,25,31,35,37H,5-12,16H2,(H,32,36). The summed E-state index contributed by atoms with van der Waals surface area (Å²) in [6.45, 7) is 5.55. The van der Waals surface area contributed by atoms with E-state index in [1.54, 1.807) is 36.4 Å². The summed E-state index contributed by atoms with van der Waals surface area (Å²) in [7, 11) is 0. The molecule has 6 heterocycles. The molecule has 6 aromatic rings. The summed E-state index contributed by atoms with van der Waals surface area (Å²) in [5.74, 6) is -0.322. The van der Waals surface area contributed by atoms with Gasteiger partial charge in [0.2, 0.25) is 0 Å². The van der Waals surface area contributed by atoms with E-state index in [0.29, 0.717) is 66.0 Å². The first-order valence-corrected chi connectivity index (χ1v) is 26.8. The number of thiocarbonyl (C=S) groups is 1. The van der Waals surface area contributed by atoms with Gasteiger partial charge in [-0.1, -0.05) is 34.8 Å². The number of aromatic nitrogens is 2. The van der Waals surface area contributed by atoms with Crippen molar-refractivity contribution in [2.45, 2.75) is 86.6 Å². The van der Waals surface area contributed by atoms with Crippen molar-refractivity contribution < 1.29 is 38.4 Å². The molecule has 0 aliphatic carbocycles. The van der Waals surface area contributed by atoms with Crippen LogP contribution in [0.25, 0.3) is 21.8 Å². The van der Waals surface area contributed by atoms with Crippen LogP contribution in [0.2, 0.25) is 15.1 Å². The molecule has 2 amide bonds. The van der Waals surface area contributed by atoms with Crippen molar-refractivity contribution in [2.75, 3.05) is 76.1 Å². The van der Waals surface area contributed by atoms with E-state index >= 15 is 0 Å². The van der Waals surface area contributed by atoms with E-state index in [-0.39, 0.29) is 48.3 Å². The minimum Gasteiger partial charge on any atom is -0.389 e. The number of β-amino-alcohol motifs (C(OH)–C–C–N with tert-alkyl or cyclic N) is 2. The normalized spacial score (nSPS) is 19.8. The van der Waals surface area contributed by atoms with Gasteiger partial charge in [0.1, 0.15) is 17.5 Å². The Labute approximate surface area is 448 Å². The molecule has 74 heavy (non-hydrogen) atoms. The first kappa shape index (κ1) is 54.1. The summed E-state index contributed by atoms with van der Waals surface area (Å²) in [5.41, 5.74) is 2.66. The second-order valence-electron chi connectivity index (χ2n) is 20.3. The first-order chi connectivity index (χ1) is 35.4. The third kappa shape index (κ3) is 12.6. The summed E-state index contributed by atoms with van der Waals surface area (Å²) >= 11 is 23.7. The fourth-order valence-electron chi connectivity index (χ4n) is 11.0. The molecule has 0 bridgehead atoms. The predicted molar refractivity (Wildman–Crippen MR) is 290 cm³/mol. The maximum atomic E-state index is 13.8. The van der Waals surface area contributed by atoms with E-state index in [4.69, 9.17) is 47.0 Å². The summed E-state index contributed by atoms with van der Waals surface area (Å²) in [6.07, 6.45) is 7.10. The highest BCUT2D eigenvalue weighted by Gasteiger charge is 2.42. The number of nitrogens with zero attached hydrogens (tertiary/aromatic N) is 4. The van der Waals surface area contributed by atoms with Crippen LogP contribution in [0.1, 0.15) is 74.3 Å². The number of rotatable bonds is 10. The van der Waals surface area contributed by atoms with Crippen molar-refractivity contribution in [2.24, 2.45) is 0 Å². The van der Waals surface area contributed by atoms with Crippen molar-refractivity contribution >= 4 is 91.3 Å². The van der Waals surface area contributed by atoms with Gasteiger partial charge in [-0.2, -0.15) is 0 Å². The summed E-state index contributed by atoms with van der Waals surface area (Å²) in [6, 6.07) is 18.2. The quantitative estimate of drug-likeness (QED) is 0.0619. The van der Waals surface area contributed by atoms with Crippen LogP contribution in [-0.2, 0) is 0 Å². The largest absolute Gasteiger partial charge is 0.389 e. The van der Waals surface area contributed by atoms with Crippen LogP contribution >= 0.6 is 47.0 Å². The number of nitrogens with one attached hydrogen (secondary N) is 4. The van der Waals surface area contributed by atoms with E-state index in [9.17, 15) is 38.4 Å². The molecule has 20 heteroatoms. The SMILES string of the molecule is O=C(Nc1cc(F)ccc1Cl)N1CCC(O)(C(O)CN2CCC(c3c[nH]c4ccc(F)cc34)CC2)CC1.OC(CN1CCC(c2c[nH]c3ccc(F)cc23)CC1)C1(O)CCN(C(=S)Nc2ccc(Cl)c(Cl)c2)CC1. The monoisotopic (exact) mass is 1100 g/mol. The highest BCUT2D eigenvalue weighted by Crippen LogP contribution is 2.37. The van der Waals surface area contributed by atoms with Gasteiger partial charge >= 0.3 is 6.03 Å². The minimum absolute atomic E-state index is 0.189. The molecular weight excluding hydrogens is 1040 g/mol. The molecule has 2 atom stereocenters. The number of hydrogen-bond acceptors (Lipinski definition) is 8. The number of fused-ring (bicyclic) bond motifs is 2. The Balaban J connectivity index is 0.000000182. The van der Waals surface area contributed by atoms with Crippen molar-refractivity contribution in [1.29, 1.82) is 0 Å². The molecule has 13 nitrogen and oxygen atoms in total. The van der Waals surface area contributed by atoms with Crippen LogP contribution in [0.4, 0.5) is 29.3 Å². The number of H-pyrrole nitrogens is 2. The van der Waals surface area contributed by atoms with Gasteiger partial charge in [0, 0.05) is 79.2 Å². The molecule has 0 saturated carbocycles. The zero-order chi connectivity index (χ0) is 52.3. The molecule has 4 fully saturated rings. The van der Waals surface area contributed by atoms with Crippen LogP contribution in [0.5, 0.6) is 0 Å². The summed E-state index contributed by atoms with van der Waals surface area (Å²) < 4.78 is 41.0. The number of carbonyl (C=O) groups is 1. The van der Waals surface area contributed by atoms with Crippen molar-refractivity contribution in [3.8, 4) is 0 Å². The third-order valence-corrected chi connectivity index (χ3v) is 17.1. The maximum absolute atomic E-state index is 13.8. The van der Waals surface area contributed by atoms with Crippen LogP contribution in [0, 0.1) is 17.5 Å². The molecular formula is C54H62Cl3F3N8O5S. The molecule has 4 aliphatic heterocycles. The van der Waals surface area contributed by atoms with Gasteiger partial charge in [-0.3, -0.25) is 0 Å². The molecule has 0 spiro atoms. The fraction of sp³-hybridized carbons (Fsp3) is 0.444. The average Bonchev–Trinajstić information content (AvgIpc) is 4.01. The van der Waals surface area contributed by atoms with Crippen molar-refractivity contribution in [3.63, 3.8) is 0 Å². The highest BCUT2D eigenvalue weighted by atomic mass is 35.5. The van der Waals surface area contributed by atoms with E-state index in [0.717, 1.165) is 96.5 Å². The van der Waals surface area contributed by atoms with Gasteiger partial charge in [-0.05, 0) is 186 Å². The van der Waals surface area contributed by atoms with E-state index < -0.39 is 35.3 Å². The molecule has 4 saturated heterocycles. The van der Waals surface area contributed by atoms with Gasteiger partial charge < -0.3 is 60.6 Å². The second-order valence-corrected chi connectivity index (χ2v) is 22.0. The lowest BCUT2D eigenvalue weighted by atomic mass is 9.84. The van der Waals surface area contributed by atoms with Crippen molar-refractivity contribution in [1.82, 2.24) is 29.6 Å². The topological polar surface area (TPSA) is 167 Å². The lowest BCUT2D eigenvalue weighted by Crippen LogP contribution is -2.56. The number of urea groups is 1.